The standard InChI is InChI=1S/C17H15N5O4S/c1-21-10-18-20-17(21)27-15-7-6-11(8-14(15)22(24)25)16(23)19-12-4-3-5-13(9-12)26-2/h3-10H,1-2H3,(H,19,23). The molecule has 0 saturated heterocycles. The highest BCUT2D eigenvalue weighted by atomic mass is 32.2. The van der Waals surface area contributed by atoms with Crippen LogP contribution in [0.3, 0.4) is 0 Å². The van der Waals surface area contributed by atoms with E-state index in [-0.39, 0.29) is 11.3 Å². The monoisotopic (exact) mass is 385 g/mol. The van der Waals surface area contributed by atoms with E-state index in [9.17, 15) is 14.9 Å². The second-order valence-electron chi connectivity index (χ2n) is 5.45. The van der Waals surface area contributed by atoms with E-state index in [4.69, 9.17) is 4.74 Å². The van der Waals surface area contributed by atoms with Crippen LogP contribution in [0.5, 0.6) is 5.75 Å². The highest BCUT2D eigenvalue weighted by Crippen LogP contribution is 2.34. The van der Waals surface area contributed by atoms with Crippen LogP contribution in [0.1, 0.15) is 10.4 Å². The Morgan fingerprint density at radius 2 is 2.11 bits per heavy atom. The average Bonchev–Trinajstić information content (AvgIpc) is 3.06. The first-order valence-electron chi connectivity index (χ1n) is 7.73. The maximum Gasteiger partial charge on any atom is 0.284 e. The zero-order valence-electron chi connectivity index (χ0n) is 14.4. The van der Waals surface area contributed by atoms with Crippen molar-refractivity contribution in [3.05, 3.63) is 64.5 Å². The third kappa shape index (κ3) is 4.23. The predicted molar refractivity (Wildman–Crippen MR) is 99.2 cm³/mol. The second-order valence-corrected chi connectivity index (χ2v) is 6.46. The summed E-state index contributed by atoms with van der Waals surface area (Å²) in [4.78, 5) is 23.8. The van der Waals surface area contributed by atoms with E-state index in [1.165, 1.54) is 31.6 Å². The number of methoxy groups -OCH3 is 1. The lowest BCUT2D eigenvalue weighted by atomic mass is 10.2. The third-order valence-electron chi connectivity index (χ3n) is 3.62. The largest absolute Gasteiger partial charge is 0.497 e. The first-order valence-corrected chi connectivity index (χ1v) is 8.55. The van der Waals surface area contributed by atoms with Crippen LogP contribution in [0.15, 0.2) is 58.8 Å². The Balaban J connectivity index is 1.85. The number of hydrogen-bond donors (Lipinski definition) is 1. The number of nitrogens with zero attached hydrogens (tertiary/aromatic N) is 4. The van der Waals surface area contributed by atoms with Crippen molar-refractivity contribution in [2.75, 3.05) is 12.4 Å². The lowest BCUT2D eigenvalue weighted by Gasteiger charge is -2.08. The Morgan fingerprint density at radius 1 is 1.30 bits per heavy atom. The predicted octanol–water partition coefficient (Wildman–Crippen LogP) is 3.14. The summed E-state index contributed by atoms with van der Waals surface area (Å²) in [6.45, 7) is 0. The van der Waals surface area contributed by atoms with Crippen LogP contribution in [0.25, 0.3) is 0 Å². The number of nitrogens with one attached hydrogen (secondary N) is 1. The molecule has 0 fully saturated rings. The summed E-state index contributed by atoms with van der Waals surface area (Å²) in [5, 5.41) is 22.3. The van der Waals surface area contributed by atoms with E-state index in [0.717, 1.165) is 11.8 Å². The number of rotatable bonds is 6. The minimum absolute atomic E-state index is 0.173. The van der Waals surface area contributed by atoms with Crippen LogP contribution in [0, 0.1) is 10.1 Å². The van der Waals surface area contributed by atoms with E-state index in [1.807, 2.05) is 0 Å². The molecule has 1 amide bonds. The minimum atomic E-state index is -0.527. The summed E-state index contributed by atoms with van der Waals surface area (Å²) < 4.78 is 6.76. The second kappa shape index (κ2) is 7.87. The number of amides is 1. The van der Waals surface area contributed by atoms with Gasteiger partial charge in [0.2, 0.25) is 0 Å². The normalized spacial score (nSPS) is 10.4. The fourth-order valence-corrected chi connectivity index (χ4v) is 3.10. The number of aryl methyl sites for hydroxylation is 1. The Labute approximate surface area is 158 Å². The van der Waals surface area contributed by atoms with Crippen LogP contribution < -0.4 is 10.1 Å². The maximum absolute atomic E-state index is 12.5. The van der Waals surface area contributed by atoms with Crippen molar-refractivity contribution in [1.29, 1.82) is 0 Å². The molecule has 9 nitrogen and oxygen atoms in total. The number of carbonyl (C=O) groups excluding carboxylic acids is 1. The molecule has 0 unspecified atom stereocenters. The molecule has 1 aromatic heterocycles. The van der Waals surface area contributed by atoms with Crippen molar-refractivity contribution in [3.8, 4) is 5.75 Å². The van der Waals surface area contributed by atoms with Crippen molar-refractivity contribution in [1.82, 2.24) is 14.8 Å². The summed E-state index contributed by atoms with van der Waals surface area (Å²) >= 11 is 1.10. The number of aromatic nitrogens is 3. The Morgan fingerprint density at radius 3 is 2.78 bits per heavy atom. The van der Waals surface area contributed by atoms with Gasteiger partial charge in [0.05, 0.1) is 16.9 Å². The van der Waals surface area contributed by atoms with Gasteiger partial charge in [-0.1, -0.05) is 6.07 Å². The zero-order chi connectivity index (χ0) is 19.4. The van der Waals surface area contributed by atoms with Crippen molar-refractivity contribution < 1.29 is 14.5 Å². The fourth-order valence-electron chi connectivity index (χ4n) is 2.26. The van der Waals surface area contributed by atoms with Gasteiger partial charge in [-0.3, -0.25) is 14.9 Å². The highest BCUT2D eigenvalue weighted by molar-refractivity contribution is 7.99. The summed E-state index contributed by atoms with van der Waals surface area (Å²) in [6.07, 6.45) is 1.50. The fraction of sp³-hybridized carbons (Fsp3) is 0.118. The molecule has 1 N–H and O–H groups in total. The first-order chi connectivity index (χ1) is 13.0. The van der Waals surface area contributed by atoms with Gasteiger partial charge in [0.15, 0.2) is 5.16 Å². The van der Waals surface area contributed by atoms with E-state index in [2.05, 4.69) is 15.5 Å². The lowest BCUT2D eigenvalue weighted by molar-refractivity contribution is -0.387. The topological polar surface area (TPSA) is 112 Å². The molecule has 138 valence electrons. The van der Waals surface area contributed by atoms with Gasteiger partial charge >= 0.3 is 0 Å². The van der Waals surface area contributed by atoms with Crippen molar-refractivity contribution in [2.45, 2.75) is 10.1 Å². The SMILES string of the molecule is COc1cccc(NC(=O)c2ccc(Sc3nncn3C)c([N+](=O)[O-])c2)c1. The Kier molecular flexibility index (Phi) is 5.36. The van der Waals surface area contributed by atoms with Gasteiger partial charge in [-0.25, -0.2) is 0 Å². The van der Waals surface area contributed by atoms with E-state index < -0.39 is 10.8 Å². The Hall–Kier alpha value is -3.40. The molecule has 0 aliphatic heterocycles. The number of nitro groups is 1. The van der Waals surface area contributed by atoms with Crippen molar-refractivity contribution in [3.63, 3.8) is 0 Å². The molecule has 0 aliphatic rings. The quantitative estimate of drug-likeness (QED) is 0.512. The molecule has 0 atom stereocenters. The molecular weight excluding hydrogens is 370 g/mol. The van der Waals surface area contributed by atoms with Crippen LogP contribution in [-0.4, -0.2) is 32.7 Å². The van der Waals surface area contributed by atoms with E-state index in [1.54, 1.807) is 35.9 Å². The summed E-state index contributed by atoms with van der Waals surface area (Å²) in [6, 6.07) is 11.1. The number of anilines is 1. The van der Waals surface area contributed by atoms with Gasteiger partial charge in [0.1, 0.15) is 12.1 Å². The van der Waals surface area contributed by atoms with Crippen LogP contribution in [0.2, 0.25) is 0 Å². The van der Waals surface area contributed by atoms with Gasteiger partial charge in [0, 0.05) is 30.4 Å². The van der Waals surface area contributed by atoms with Gasteiger partial charge in [0.25, 0.3) is 11.6 Å². The van der Waals surface area contributed by atoms with Gasteiger partial charge in [-0.2, -0.15) is 0 Å². The third-order valence-corrected chi connectivity index (χ3v) is 4.73. The number of carbonyl (C=O) groups is 1. The molecule has 1 heterocycles. The number of ether oxygens (including phenoxy) is 1. The van der Waals surface area contributed by atoms with Crippen molar-refractivity contribution >= 4 is 29.0 Å². The van der Waals surface area contributed by atoms with E-state index >= 15 is 0 Å². The number of nitro benzene ring substituents is 1. The highest BCUT2D eigenvalue weighted by Gasteiger charge is 2.20. The average molecular weight is 385 g/mol. The van der Waals surface area contributed by atoms with Crippen LogP contribution in [0.4, 0.5) is 11.4 Å². The molecule has 0 aliphatic carbocycles. The molecule has 3 rings (SSSR count). The Bertz CT molecular complexity index is 1000. The van der Waals surface area contributed by atoms with Crippen molar-refractivity contribution in [2.24, 2.45) is 7.05 Å². The van der Waals surface area contributed by atoms with Crippen LogP contribution in [-0.2, 0) is 7.05 Å². The minimum Gasteiger partial charge on any atom is -0.497 e. The lowest BCUT2D eigenvalue weighted by Crippen LogP contribution is -2.12. The molecule has 0 radical (unpaired) electrons. The molecule has 10 heteroatoms. The molecule has 0 saturated carbocycles. The smallest absolute Gasteiger partial charge is 0.284 e. The van der Waals surface area contributed by atoms with Crippen LogP contribution >= 0.6 is 11.8 Å². The summed E-state index contributed by atoms with van der Waals surface area (Å²) in [7, 11) is 3.27. The van der Waals surface area contributed by atoms with Gasteiger partial charge < -0.3 is 14.6 Å². The zero-order valence-corrected chi connectivity index (χ0v) is 15.3. The molecule has 3 aromatic rings. The molecule has 27 heavy (non-hydrogen) atoms. The van der Waals surface area contributed by atoms with E-state index in [0.29, 0.717) is 21.5 Å². The summed E-state index contributed by atoms with van der Waals surface area (Å²) in [5.74, 6) is 0.135. The number of hydrogen-bond acceptors (Lipinski definition) is 7. The summed E-state index contributed by atoms with van der Waals surface area (Å²) in [5.41, 5.74) is 0.521. The van der Waals surface area contributed by atoms with Gasteiger partial charge in [-0.05, 0) is 36.0 Å². The first kappa shape index (κ1) is 18.4. The molecule has 2 aromatic carbocycles. The van der Waals surface area contributed by atoms with Gasteiger partial charge in [-0.15, -0.1) is 10.2 Å². The number of benzene rings is 2. The maximum atomic E-state index is 12.5. The molecular formula is C17H15N5O4S. The molecule has 0 bridgehead atoms. The molecule has 0 spiro atoms.